The Hall–Kier alpha value is -2.88. The van der Waals surface area contributed by atoms with Crippen molar-refractivity contribution in [2.24, 2.45) is 0 Å². The number of benzene rings is 2. The first-order valence-electron chi connectivity index (χ1n) is 10.6. The lowest BCUT2D eigenvalue weighted by Gasteiger charge is -2.29. The average molecular weight is 421 g/mol. The molecule has 0 unspecified atom stereocenters. The second-order valence-corrected chi connectivity index (χ2v) is 10.4. The molecule has 0 aliphatic heterocycles. The standard InChI is InChI=1S/C27H32O4/c1-14-10-11-15(2)20-19(14)23(29)21(25(31-9)24(20)30)16-12-17(26(3,4)5)22(28)18(13-16)27(6,7)8/h10-13,28H,1-9H3. The lowest BCUT2D eigenvalue weighted by molar-refractivity contribution is 0.0924. The third kappa shape index (κ3) is 3.69. The molecule has 0 saturated heterocycles. The van der Waals surface area contributed by atoms with Gasteiger partial charge < -0.3 is 9.84 Å². The number of hydrogen-bond acceptors (Lipinski definition) is 4. The lowest BCUT2D eigenvalue weighted by Crippen LogP contribution is -2.25. The van der Waals surface area contributed by atoms with Crippen LogP contribution in [0.1, 0.15) is 90.1 Å². The summed E-state index contributed by atoms with van der Waals surface area (Å²) in [6.07, 6.45) is 0. The van der Waals surface area contributed by atoms with Gasteiger partial charge in [-0.1, -0.05) is 53.7 Å². The molecule has 0 atom stereocenters. The van der Waals surface area contributed by atoms with Crippen molar-refractivity contribution in [3.8, 4) is 5.75 Å². The Morgan fingerprint density at radius 3 is 1.58 bits per heavy atom. The zero-order valence-corrected chi connectivity index (χ0v) is 20.0. The number of ketones is 2. The highest BCUT2D eigenvalue weighted by molar-refractivity contribution is 6.40. The van der Waals surface area contributed by atoms with Gasteiger partial charge in [0.25, 0.3) is 0 Å². The molecule has 1 aliphatic rings. The molecule has 1 N–H and O–H groups in total. The van der Waals surface area contributed by atoms with Crippen LogP contribution in [0.5, 0.6) is 5.75 Å². The molecule has 0 amide bonds. The topological polar surface area (TPSA) is 63.6 Å². The highest BCUT2D eigenvalue weighted by Crippen LogP contribution is 2.43. The number of phenolic OH excluding ortho intramolecular Hbond substituents is 1. The average Bonchev–Trinajstić information content (AvgIpc) is 2.64. The van der Waals surface area contributed by atoms with E-state index < -0.39 is 0 Å². The van der Waals surface area contributed by atoms with Gasteiger partial charge in [0.2, 0.25) is 5.78 Å². The quantitative estimate of drug-likeness (QED) is 0.643. The SMILES string of the molecule is COC1=C(c2cc(C(C)(C)C)c(O)c(C(C)(C)C)c2)C(=O)c2c(C)ccc(C)c2C1=O. The number of phenols is 1. The summed E-state index contributed by atoms with van der Waals surface area (Å²) >= 11 is 0. The Morgan fingerprint density at radius 1 is 0.774 bits per heavy atom. The summed E-state index contributed by atoms with van der Waals surface area (Å²) in [5, 5.41) is 11.1. The van der Waals surface area contributed by atoms with Crippen molar-refractivity contribution >= 4 is 17.1 Å². The molecule has 164 valence electrons. The summed E-state index contributed by atoms with van der Waals surface area (Å²) in [6, 6.07) is 7.36. The minimum Gasteiger partial charge on any atom is -0.507 e. The van der Waals surface area contributed by atoms with E-state index in [0.717, 1.165) is 22.3 Å². The van der Waals surface area contributed by atoms with E-state index in [1.807, 2.05) is 79.7 Å². The van der Waals surface area contributed by atoms with Gasteiger partial charge in [0.05, 0.1) is 12.7 Å². The van der Waals surface area contributed by atoms with Crippen LogP contribution in [0.3, 0.4) is 0 Å². The molecule has 4 heteroatoms. The van der Waals surface area contributed by atoms with E-state index in [-0.39, 0.29) is 39.5 Å². The van der Waals surface area contributed by atoms with Crippen LogP contribution in [-0.2, 0) is 15.6 Å². The highest BCUT2D eigenvalue weighted by Gasteiger charge is 2.37. The summed E-state index contributed by atoms with van der Waals surface area (Å²) in [4.78, 5) is 27.2. The van der Waals surface area contributed by atoms with Crippen molar-refractivity contribution in [2.45, 2.75) is 66.2 Å². The van der Waals surface area contributed by atoms with Crippen LogP contribution in [0.15, 0.2) is 30.0 Å². The maximum atomic E-state index is 13.8. The Morgan fingerprint density at radius 2 is 1.19 bits per heavy atom. The summed E-state index contributed by atoms with van der Waals surface area (Å²) in [5.74, 6) is -0.226. The number of aryl methyl sites for hydroxylation is 2. The first-order valence-corrected chi connectivity index (χ1v) is 10.6. The molecule has 0 fully saturated rings. The fourth-order valence-corrected chi connectivity index (χ4v) is 4.23. The lowest BCUT2D eigenvalue weighted by atomic mass is 9.75. The number of carbonyl (C=O) groups is 2. The van der Waals surface area contributed by atoms with Crippen LogP contribution in [0, 0.1) is 13.8 Å². The van der Waals surface area contributed by atoms with Crippen molar-refractivity contribution in [3.05, 3.63) is 69.0 Å². The number of hydrogen-bond donors (Lipinski definition) is 1. The fourth-order valence-electron chi connectivity index (χ4n) is 4.23. The predicted octanol–water partition coefficient (Wildman–Crippen LogP) is 6.04. The first-order chi connectivity index (χ1) is 14.2. The summed E-state index contributed by atoms with van der Waals surface area (Å²) in [6.45, 7) is 15.8. The van der Waals surface area contributed by atoms with Gasteiger partial charge in [-0.3, -0.25) is 9.59 Å². The molecule has 0 radical (unpaired) electrons. The summed E-state index contributed by atoms with van der Waals surface area (Å²) in [7, 11) is 1.42. The van der Waals surface area contributed by atoms with Crippen LogP contribution in [0.4, 0.5) is 0 Å². The molecular formula is C27H32O4. The molecule has 0 spiro atoms. The highest BCUT2D eigenvalue weighted by atomic mass is 16.5. The van der Waals surface area contributed by atoms with Crippen LogP contribution in [-0.4, -0.2) is 23.8 Å². The van der Waals surface area contributed by atoms with Gasteiger partial charge in [0.15, 0.2) is 11.5 Å². The second-order valence-electron chi connectivity index (χ2n) is 10.4. The number of allylic oxidation sites excluding steroid dienone is 2. The Kier molecular flexibility index (Phi) is 5.42. The molecule has 0 bridgehead atoms. The van der Waals surface area contributed by atoms with Crippen LogP contribution >= 0.6 is 0 Å². The largest absolute Gasteiger partial charge is 0.507 e. The van der Waals surface area contributed by atoms with Crippen LogP contribution in [0.2, 0.25) is 0 Å². The van der Waals surface area contributed by atoms with Gasteiger partial charge in [-0.25, -0.2) is 0 Å². The maximum Gasteiger partial charge on any atom is 0.229 e. The Balaban J connectivity index is 2.42. The summed E-state index contributed by atoms with van der Waals surface area (Å²) in [5.41, 5.74) is 3.94. The molecule has 0 saturated carbocycles. The summed E-state index contributed by atoms with van der Waals surface area (Å²) < 4.78 is 5.52. The molecule has 31 heavy (non-hydrogen) atoms. The van der Waals surface area contributed by atoms with Crippen LogP contribution in [0.25, 0.3) is 5.57 Å². The number of ether oxygens (including phenoxy) is 1. The van der Waals surface area contributed by atoms with Gasteiger partial charge in [0, 0.05) is 22.3 Å². The van der Waals surface area contributed by atoms with E-state index >= 15 is 0 Å². The molecule has 0 heterocycles. The smallest absolute Gasteiger partial charge is 0.229 e. The first kappa shape index (κ1) is 22.8. The molecule has 1 aliphatic carbocycles. The molecule has 0 aromatic heterocycles. The number of carbonyl (C=O) groups excluding carboxylic acids is 2. The number of rotatable bonds is 2. The van der Waals surface area contributed by atoms with Crippen molar-refractivity contribution in [1.82, 2.24) is 0 Å². The van der Waals surface area contributed by atoms with Crippen molar-refractivity contribution in [1.29, 1.82) is 0 Å². The van der Waals surface area contributed by atoms with Gasteiger partial charge in [0.1, 0.15) is 5.75 Å². The second kappa shape index (κ2) is 7.37. The third-order valence-corrected chi connectivity index (χ3v) is 5.96. The van der Waals surface area contributed by atoms with Gasteiger partial charge in [-0.2, -0.15) is 0 Å². The normalized spacial score (nSPS) is 14.7. The van der Waals surface area contributed by atoms with E-state index in [9.17, 15) is 14.7 Å². The number of Topliss-reactive ketones (excluding diaryl/α,β-unsaturated/α-hetero) is 2. The van der Waals surface area contributed by atoms with Crippen LogP contribution < -0.4 is 0 Å². The zero-order valence-electron chi connectivity index (χ0n) is 20.0. The van der Waals surface area contributed by atoms with E-state index in [4.69, 9.17) is 4.74 Å². The van der Waals surface area contributed by atoms with Gasteiger partial charge >= 0.3 is 0 Å². The Bertz CT molecular complexity index is 1100. The van der Waals surface area contributed by atoms with Crippen molar-refractivity contribution < 1.29 is 19.4 Å². The minimum atomic E-state index is -0.361. The monoisotopic (exact) mass is 420 g/mol. The minimum absolute atomic E-state index is 0.0524. The number of fused-ring (bicyclic) bond motifs is 1. The fraction of sp³-hybridized carbons (Fsp3) is 0.407. The van der Waals surface area contributed by atoms with Crippen molar-refractivity contribution in [3.63, 3.8) is 0 Å². The Labute approximate surface area is 184 Å². The predicted molar refractivity (Wildman–Crippen MR) is 124 cm³/mol. The molecule has 2 aromatic rings. The molecule has 3 rings (SSSR count). The van der Waals surface area contributed by atoms with E-state index in [2.05, 4.69) is 0 Å². The number of methoxy groups -OCH3 is 1. The van der Waals surface area contributed by atoms with Gasteiger partial charge in [-0.05, 0) is 53.5 Å². The van der Waals surface area contributed by atoms with E-state index in [1.165, 1.54) is 7.11 Å². The zero-order chi connectivity index (χ0) is 23.5. The molecule has 4 nitrogen and oxygen atoms in total. The molecular weight excluding hydrogens is 388 g/mol. The third-order valence-electron chi connectivity index (χ3n) is 5.96. The molecule has 2 aromatic carbocycles. The van der Waals surface area contributed by atoms with E-state index in [0.29, 0.717) is 16.7 Å². The van der Waals surface area contributed by atoms with Gasteiger partial charge in [-0.15, -0.1) is 0 Å². The number of aromatic hydroxyl groups is 1. The van der Waals surface area contributed by atoms with Crippen molar-refractivity contribution in [2.75, 3.05) is 7.11 Å². The van der Waals surface area contributed by atoms with E-state index in [1.54, 1.807) is 0 Å². The maximum absolute atomic E-state index is 13.8.